The Morgan fingerprint density at radius 1 is 1.57 bits per heavy atom. The summed E-state index contributed by atoms with van der Waals surface area (Å²) in [5.41, 5.74) is 0.334. The minimum absolute atomic E-state index is 0.0668. The molecule has 0 saturated carbocycles. The van der Waals surface area contributed by atoms with Gasteiger partial charge < -0.3 is 9.32 Å². The average molecular weight is 292 g/mol. The Kier molecular flexibility index (Phi) is 3.55. The molecule has 3 rings (SSSR count). The lowest BCUT2D eigenvalue weighted by atomic mass is 9.98. The second-order valence-electron chi connectivity index (χ2n) is 4.96. The highest BCUT2D eigenvalue weighted by atomic mass is 16.4. The molecule has 1 saturated heterocycles. The van der Waals surface area contributed by atoms with Crippen LogP contribution in [0.2, 0.25) is 0 Å². The van der Waals surface area contributed by atoms with Crippen molar-refractivity contribution in [3.8, 4) is 0 Å². The van der Waals surface area contributed by atoms with Crippen LogP contribution in [0.25, 0.3) is 0 Å². The Bertz CT molecular complexity index is 687. The molecular formula is C12H16N6O3. The van der Waals surface area contributed by atoms with Crippen LogP contribution in [-0.4, -0.2) is 49.1 Å². The second-order valence-corrected chi connectivity index (χ2v) is 4.96. The lowest BCUT2D eigenvalue weighted by Gasteiger charge is -2.30. The van der Waals surface area contributed by atoms with E-state index in [1.54, 1.807) is 4.90 Å². The van der Waals surface area contributed by atoms with Crippen LogP contribution >= 0.6 is 0 Å². The van der Waals surface area contributed by atoms with Crippen LogP contribution in [0.3, 0.4) is 0 Å². The molecule has 0 aliphatic carbocycles. The highest BCUT2D eigenvalue weighted by molar-refractivity contribution is 5.92. The zero-order valence-corrected chi connectivity index (χ0v) is 11.7. The molecular weight excluding hydrogens is 276 g/mol. The fourth-order valence-corrected chi connectivity index (χ4v) is 2.49. The topological polar surface area (TPSA) is 110 Å². The lowest BCUT2D eigenvalue weighted by molar-refractivity contribution is 0.0691. The van der Waals surface area contributed by atoms with Gasteiger partial charge in [0.1, 0.15) is 0 Å². The van der Waals surface area contributed by atoms with Gasteiger partial charge in [-0.3, -0.25) is 4.79 Å². The van der Waals surface area contributed by atoms with Gasteiger partial charge in [0.25, 0.3) is 5.91 Å². The lowest BCUT2D eigenvalue weighted by Crippen LogP contribution is -2.39. The molecule has 1 aliphatic heterocycles. The number of hydrogen-bond acceptors (Lipinski definition) is 6. The molecule has 2 aromatic heterocycles. The Balaban J connectivity index is 1.73. The van der Waals surface area contributed by atoms with Crippen molar-refractivity contribution in [2.24, 2.45) is 0 Å². The maximum absolute atomic E-state index is 12.4. The monoisotopic (exact) mass is 292 g/mol. The van der Waals surface area contributed by atoms with E-state index in [0.717, 1.165) is 12.8 Å². The van der Waals surface area contributed by atoms with Crippen LogP contribution in [0.5, 0.6) is 0 Å². The first kappa shape index (κ1) is 13.5. The van der Waals surface area contributed by atoms with Crippen molar-refractivity contribution in [1.82, 2.24) is 30.1 Å². The first-order chi connectivity index (χ1) is 10.2. The van der Waals surface area contributed by atoms with Crippen molar-refractivity contribution in [1.29, 1.82) is 0 Å². The number of carbonyl (C=O) groups is 1. The van der Waals surface area contributed by atoms with Gasteiger partial charge in [0, 0.05) is 13.1 Å². The van der Waals surface area contributed by atoms with Crippen LogP contribution in [-0.2, 0) is 6.54 Å². The molecule has 1 aliphatic rings. The van der Waals surface area contributed by atoms with E-state index in [9.17, 15) is 9.59 Å². The molecule has 1 unspecified atom stereocenters. The number of aromatic amines is 1. The van der Waals surface area contributed by atoms with Crippen molar-refractivity contribution in [3.05, 3.63) is 28.3 Å². The van der Waals surface area contributed by atoms with Gasteiger partial charge in [0.15, 0.2) is 5.69 Å². The number of aryl methyl sites for hydroxylation is 1. The van der Waals surface area contributed by atoms with E-state index in [-0.39, 0.29) is 11.8 Å². The van der Waals surface area contributed by atoms with E-state index < -0.39 is 5.76 Å². The fourth-order valence-electron chi connectivity index (χ4n) is 2.49. The summed E-state index contributed by atoms with van der Waals surface area (Å²) in [6.07, 6.45) is 3.14. The molecule has 21 heavy (non-hydrogen) atoms. The third kappa shape index (κ3) is 2.71. The normalized spacial score (nSPS) is 18.9. The van der Waals surface area contributed by atoms with Crippen LogP contribution in [0.1, 0.15) is 42.1 Å². The molecule has 1 fully saturated rings. The number of amides is 1. The maximum atomic E-state index is 12.4. The minimum Gasteiger partial charge on any atom is -0.392 e. The first-order valence-electron chi connectivity index (χ1n) is 6.92. The molecule has 3 heterocycles. The largest absolute Gasteiger partial charge is 0.434 e. The zero-order valence-electron chi connectivity index (χ0n) is 11.7. The number of aromatic nitrogens is 5. The summed E-state index contributed by atoms with van der Waals surface area (Å²) in [7, 11) is 0. The van der Waals surface area contributed by atoms with Crippen LogP contribution in [0, 0.1) is 0 Å². The highest BCUT2D eigenvalue weighted by Crippen LogP contribution is 2.25. The summed E-state index contributed by atoms with van der Waals surface area (Å²) in [6, 6.07) is 0. The van der Waals surface area contributed by atoms with Crippen LogP contribution < -0.4 is 5.76 Å². The quantitative estimate of drug-likeness (QED) is 0.852. The van der Waals surface area contributed by atoms with Gasteiger partial charge in [-0.1, -0.05) is 0 Å². The standard InChI is InChI=1S/C12H16N6O3/c1-2-18-13-6-9(16-18)11(19)17-5-3-4-8(7-17)10-14-15-12(20)21-10/h6,8H,2-5,7H2,1H3,(H,15,20). The molecule has 0 bridgehead atoms. The summed E-state index contributed by atoms with van der Waals surface area (Å²) in [6.45, 7) is 3.65. The molecule has 2 aromatic rings. The van der Waals surface area contributed by atoms with Crippen molar-refractivity contribution < 1.29 is 9.21 Å². The molecule has 9 heteroatoms. The number of nitrogens with one attached hydrogen (secondary N) is 1. The van der Waals surface area contributed by atoms with E-state index in [2.05, 4.69) is 20.4 Å². The number of rotatable bonds is 3. The first-order valence-corrected chi connectivity index (χ1v) is 6.92. The number of nitrogens with zero attached hydrogens (tertiary/aromatic N) is 5. The number of likely N-dealkylation sites (tertiary alicyclic amines) is 1. The van der Waals surface area contributed by atoms with Gasteiger partial charge in [-0.05, 0) is 19.8 Å². The Morgan fingerprint density at radius 3 is 3.10 bits per heavy atom. The molecule has 9 nitrogen and oxygen atoms in total. The second kappa shape index (κ2) is 5.51. The molecule has 0 spiro atoms. The van der Waals surface area contributed by atoms with E-state index in [0.29, 0.717) is 31.2 Å². The van der Waals surface area contributed by atoms with Crippen molar-refractivity contribution in [3.63, 3.8) is 0 Å². The van der Waals surface area contributed by atoms with E-state index in [1.165, 1.54) is 11.0 Å². The number of piperidine rings is 1. The minimum atomic E-state index is -0.570. The molecule has 0 radical (unpaired) electrons. The summed E-state index contributed by atoms with van der Waals surface area (Å²) < 4.78 is 4.99. The van der Waals surface area contributed by atoms with E-state index in [1.807, 2.05) is 6.92 Å². The van der Waals surface area contributed by atoms with E-state index in [4.69, 9.17) is 4.42 Å². The smallest absolute Gasteiger partial charge is 0.392 e. The Hall–Kier alpha value is -2.45. The molecule has 0 aromatic carbocycles. The van der Waals surface area contributed by atoms with Gasteiger partial charge in [-0.2, -0.15) is 9.90 Å². The molecule has 112 valence electrons. The van der Waals surface area contributed by atoms with Gasteiger partial charge >= 0.3 is 5.76 Å². The predicted molar refractivity (Wildman–Crippen MR) is 70.7 cm³/mol. The van der Waals surface area contributed by atoms with Crippen molar-refractivity contribution in [2.75, 3.05) is 13.1 Å². The van der Waals surface area contributed by atoms with Crippen LogP contribution in [0.4, 0.5) is 0 Å². The Labute approximate surface area is 119 Å². The van der Waals surface area contributed by atoms with E-state index >= 15 is 0 Å². The van der Waals surface area contributed by atoms with Gasteiger partial charge in [0.2, 0.25) is 5.89 Å². The molecule has 1 N–H and O–H groups in total. The zero-order chi connectivity index (χ0) is 14.8. The SMILES string of the molecule is CCn1ncc(C(=O)N2CCCC(c3n[nH]c(=O)o3)C2)n1. The number of hydrogen-bond donors (Lipinski definition) is 1. The number of H-pyrrole nitrogens is 1. The predicted octanol–water partition coefficient (Wildman–Crippen LogP) is -0.00590. The summed E-state index contributed by atoms with van der Waals surface area (Å²) in [4.78, 5) is 26.6. The Morgan fingerprint density at radius 2 is 2.43 bits per heavy atom. The van der Waals surface area contributed by atoms with Crippen molar-refractivity contribution >= 4 is 5.91 Å². The average Bonchev–Trinajstić information content (AvgIpc) is 3.15. The maximum Gasteiger partial charge on any atom is 0.434 e. The summed E-state index contributed by atoms with van der Waals surface area (Å²) in [5, 5.41) is 14.2. The number of carbonyl (C=O) groups excluding carboxylic acids is 1. The highest BCUT2D eigenvalue weighted by Gasteiger charge is 2.29. The summed E-state index contributed by atoms with van der Waals surface area (Å²) in [5.74, 6) is -0.436. The molecule has 1 atom stereocenters. The third-order valence-corrected chi connectivity index (χ3v) is 3.55. The fraction of sp³-hybridized carbons (Fsp3) is 0.583. The summed E-state index contributed by atoms with van der Waals surface area (Å²) >= 11 is 0. The van der Waals surface area contributed by atoms with Crippen LogP contribution in [0.15, 0.2) is 15.4 Å². The van der Waals surface area contributed by atoms with Gasteiger partial charge in [-0.25, -0.2) is 9.89 Å². The van der Waals surface area contributed by atoms with Crippen molar-refractivity contribution in [2.45, 2.75) is 32.2 Å². The van der Waals surface area contributed by atoms with Gasteiger partial charge in [-0.15, -0.1) is 10.2 Å². The third-order valence-electron chi connectivity index (χ3n) is 3.55. The molecule has 1 amide bonds. The van der Waals surface area contributed by atoms with Gasteiger partial charge in [0.05, 0.1) is 18.7 Å².